The summed E-state index contributed by atoms with van der Waals surface area (Å²) in [4.78, 5) is 22.9. The summed E-state index contributed by atoms with van der Waals surface area (Å²) in [5.41, 5.74) is 0. The van der Waals surface area contributed by atoms with Crippen LogP contribution in [0.25, 0.3) is 0 Å². The predicted molar refractivity (Wildman–Crippen MR) is 85.8 cm³/mol. The molecule has 1 aliphatic rings. The second kappa shape index (κ2) is 8.17. The number of carbonyl (C=O) groups is 2. The molecule has 0 bridgehead atoms. The summed E-state index contributed by atoms with van der Waals surface area (Å²) in [6, 6.07) is 7.31. The van der Waals surface area contributed by atoms with Crippen LogP contribution in [-0.2, 0) is 9.59 Å². The van der Waals surface area contributed by atoms with Gasteiger partial charge in [0.25, 0.3) is 0 Å². The van der Waals surface area contributed by atoms with Crippen molar-refractivity contribution in [2.24, 2.45) is 5.92 Å². The van der Waals surface area contributed by atoms with Crippen LogP contribution in [0.1, 0.15) is 32.1 Å². The Balaban J connectivity index is 1.66. The summed E-state index contributed by atoms with van der Waals surface area (Å²) in [7, 11) is 0. The molecule has 2 atom stereocenters. The van der Waals surface area contributed by atoms with Crippen LogP contribution in [0, 0.1) is 5.92 Å². The fourth-order valence-electron chi connectivity index (χ4n) is 2.69. The molecule has 1 saturated carbocycles. The molecule has 5 nitrogen and oxygen atoms in total. The molecule has 0 unspecified atom stereocenters. The van der Waals surface area contributed by atoms with E-state index in [1.807, 2.05) is 24.3 Å². The minimum atomic E-state index is -0.819. The number of hydrogen-bond acceptors (Lipinski definition) is 3. The highest BCUT2D eigenvalue weighted by Gasteiger charge is 2.33. The highest BCUT2D eigenvalue weighted by molar-refractivity contribution is 9.10. The number of halogens is 1. The molecular weight excluding hydrogens is 350 g/mol. The number of ether oxygens (including phenoxy) is 1. The number of carboxylic acids is 1. The Morgan fingerprint density at radius 1 is 1.36 bits per heavy atom. The summed E-state index contributed by atoms with van der Waals surface area (Å²) in [6.45, 7) is 0.455. The van der Waals surface area contributed by atoms with Gasteiger partial charge < -0.3 is 15.2 Å². The molecule has 1 aliphatic carbocycles. The van der Waals surface area contributed by atoms with Crippen molar-refractivity contribution in [2.45, 2.75) is 38.1 Å². The molecule has 0 heterocycles. The van der Waals surface area contributed by atoms with E-state index in [4.69, 9.17) is 9.84 Å². The highest BCUT2D eigenvalue weighted by Crippen LogP contribution is 2.26. The van der Waals surface area contributed by atoms with Gasteiger partial charge in [-0.25, -0.2) is 0 Å². The summed E-state index contributed by atoms with van der Waals surface area (Å²) >= 11 is 3.37. The van der Waals surface area contributed by atoms with Crippen molar-refractivity contribution in [1.29, 1.82) is 0 Å². The van der Waals surface area contributed by atoms with Gasteiger partial charge in [0, 0.05) is 16.9 Å². The molecule has 1 amide bonds. The summed E-state index contributed by atoms with van der Waals surface area (Å²) in [6.07, 6.45) is 3.19. The van der Waals surface area contributed by atoms with Crippen LogP contribution in [0.2, 0.25) is 0 Å². The lowest BCUT2D eigenvalue weighted by molar-refractivity contribution is -0.142. The number of carboxylic acid groups (broad SMARTS) is 1. The van der Waals surface area contributed by atoms with E-state index in [1.54, 1.807) is 0 Å². The molecule has 0 radical (unpaired) electrons. The van der Waals surface area contributed by atoms with Gasteiger partial charge in [0.1, 0.15) is 5.75 Å². The van der Waals surface area contributed by atoms with E-state index in [-0.39, 0.29) is 11.9 Å². The molecule has 0 saturated heterocycles. The maximum Gasteiger partial charge on any atom is 0.308 e. The lowest BCUT2D eigenvalue weighted by Gasteiger charge is -2.17. The van der Waals surface area contributed by atoms with Crippen molar-refractivity contribution in [3.8, 4) is 5.75 Å². The largest absolute Gasteiger partial charge is 0.494 e. The van der Waals surface area contributed by atoms with Crippen molar-refractivity contribution in [3.05, 3.63) is 28.7 Å². The number of rotatable bonds is 7. The fourth-order valence-corrected chi connectivity index (χ4v) is 3.07. The molecule has 1 aromatic rings. The van der Waals surface area contributed by atoms with Gasteiger partial charge in [-0.3, -0.25) is 9.59 Å². The first kappa shape index (κ1) is 16.8. The minimum absolute atomic E-state index is 0.101. The van der Waals surface area contributed by atoms with E-state index in [1.165, 1.54) is 0 Å². The molecule has 2 rings (SSSR count). The Bertz CT molecular complexity index is 535. The van der Waals surface area contributed by atoms with Gasteiger partial charge in [0.05, 0.1) is 12.5 Å². The minimum Gasteiger partial charge on any atom is -0.494 e. The predicted octanol–water partition coefficient (Wildman–Crippen LogP) is 2.98. The molecule has 1 fully saturated rings. The number of nitrogens with one attached hydrogen (secondary N) is 1. The van der Waals surface area contributed by atoms with Gasteiger partial charge in [-0.15, -0.1) is 0 Å². The third-order valence-corrected chi connectivity index (χ3v) is 4.29. The Morgan fingerprint density at radius 2 is 2.18 bits per heavy atom. The molecule has 6 heteroatoms. The van der Waals surface area contributed by atoms with Gasteiger partial charge in [0.2, 0.25) is 5.91 Å². The van der Waals surface area contributed by atoms with E-state index >= 15 is 0 Å². The lowest BCUT2D eigenvalue weighted by atomic mass is 10.0. The van der Waals surface area contributed by atoms with Gasteiger partial charge in [0.15, 0.2) is 0 Å². The number of aliphatic carboxylic acids is 1. The van der Waals surface area contributed by atoms with Gasteiger partial charge in [-0.2, -0.15) is 0 Å². The van der Waals surface area contributed by atoms with Crippen LogP contribution in [-0.4, -0.2) is 29.6 Å². The average Bonchev–Trinajstić information content (AvgIpc) is 2.92. The van der Waals surface area contributed by atoms with Gasteiger partial charge in [-0.05, 0) is 37.5 Å². The van der Waals surface area contributed by atoms with Crippen molar-refractivity contribution >= 4 is 27.8 Å². The van der Waals surface area contributed by atoms with E-state index in [9.17, 15) is 9.59 Å². The molecule has 1 aromatic carbocycles. The summed E-state index contributed by atoms with van der Waals surface area (Å²) in [5.74, 6) is -0.602. The lowest BCUT2D eigenvalue weighted by Crippen LogP contribution is -2.40. The molecule has 2 N–H and O–H groups in total. The molecule has 22 heavy (non-hydrogen) atoms. The van der Waals surface area contributed by atoms with Crippen LogP contribution in [0.4, 0.5) is 0 Å². The second-order valence-corrected chi connectivity index (χ2v) is 6.37. The zero-order chi connectivity index (χ0) is 15.9. The van der Waals surface area contributed by atoms with Crippen LogP contribution >= 0.6 is 15.9 Å². The number of benzene rings is 1. The van der Waals surface area contributed by atoms with Crippen molar-refractivity contribution < 1.29 is 19.4 Å². The van der Waals surface area contributed by atoms with Gasteiger partial charge >= 0.3 is 5.97 Å². The Hall–Kier alpha value is -1.56. The Kier molecular flexibility index (Phi) is 6.24. The molecular formula is C16H20BrNO4. The van der Waals surface area contributed by atoms with E-state index in [0.717, 1.165) is 23.1 Å². The highest BCUT2D eigenvalue weighted by atomic mass is 79.9. The first-order valence-electron chi connectivity index (χ1n) is 7.47. The quantitative estimate of drug-likeness (QED) is 0.724. The van der Waals surface area contributed by atoms with Crippen LogP contribution in [0.15, 0.2) is 28.7 Å². The zero-order valence-corrected chi connectivity index (χ0v) is 13.8. The maximum atomic E-state index is 11.9. The standard InChI is InChI=1S/C16H20BrNO4/c17-11-4-1-5-12(10-11)22-9-3-8-15(19)18-14-7-2-6-13(14)16(20)21/h1,4-5,10,13-14H,2-3,6-9H2,(H,18,19)(H,20,21)/t13-,14+/m1/s1. The van der Waals surface area contributed by atoms with E-state index < -0.39 is 11.9 Å². The Morgan fingerprint density at radius 3 is 2.91 bits per heavy atom. The number of carbonyl (C=O) groups excluding carboxylic acids is 1. The molecule has 0 spiro atoms. The van der Waals surface area contributed by atoms with Crippen molar-refractivity contribution in [1.82, 2.24) is 5.32 Å². The van der Waals surface area contributed by atoms with Gasteiger partial charge in [-0.1, -0.05) is 28.4 Å². The third-order valence-electron chi connectivity index (χ3n) is 3.79. The number of amides is 1. The molecule has 120 valence electrons. The SMILES string of the molecule is O=C(CCCOc1cccc(Br)c1)N[C@H]1CCC[C@H]1C(=O)O. The third kappa shape index (κ3) is 5.02. The Labute approximate surface area is 138 Å². The van der Waals surface area contributed by atoms with E-state index in [2.05, 4.69) is 21.2 Å². The summed E-state index contributed by atoms with van der Waals surface area (Å²) < 4.78 is 6.51. The first-order chi connectivity index (χ1) is 10.6. The molecule has 0 aromatic heterocycles. The van der Waals surface area contributed by atoms with Crippen molar-refractivity contribution in [3.63, 3.8) is 0 Å². The maximum absolute atomic E-state index is 11.9. The topological polar surface area (TPSA) is 75.6 Å². The fraction of sp³-hybridized carbons (Fsp3) is 0.500. The smallest absolute Gasteiger partial charge is 0.308 e. The van der Waals surface area contributed by atoms with Crippen LogP contribution in [0.3, 0.4) is 0 Å². The monoisotopic (exact) mass is 369 g/mol. The van der Waals surface area contributed by atoms with Crippen LogP contribution in [0.5, 0.6) is 5.75 Å². The summed E-state index contributed by atoms with van der Waals surface area (Å²) in [5, 5.41) is 11.9. The van der Waals surface area contributed by atoms with E-state index in [0.29, 0.717) is 25.9 Å². The second-order valence-electron chi connectivity index (χ2n) is 5.46. The zero-order valence-electron chi connectivity index (χ0n) is 12.3. The van der Waals surface area contributed by atoms with Crippen LogP contribution < -0.4 is 10.1 Å². The first-order valence-corrected chi connectivity index (χ1v) is 8.26. The normalized spacial score (nSPS) is 20.6. The average molecular weight is 370 g/mol. The number of hydrogen-bond donors (Lipinski definition) is 2. The molecule has 0 aliphatic heterocycles. The van der Waals surface area contributed by atoms with Crippen molar-refractivity contribution in [2.75, 3.05) is 6.61 Å².